The van der Waals surface area contributed by atoms with E-state index in [1.807, 2.05) is 0 Å². The number of amides is 2. The van der Waals surface area contributed by atoms with Gasteiger partial charge in [-0.2, -0.15) is 0 Å². The van der Waals surface area contributed by atoms with Gasteiger partial charge in [0.15, 0.2) is 0 Å². The van der Waals surface area contributed by atoms with Crippen LogP contribution in [-0.4, -0.2) is 61.0 Å². The van der Waals surface area contributed by atoms with Crippen LogP contribution in [0.4, 0.5) is 8.78 Å². The Hall–Kier alpha value is -3.16. The highest BCUT2D eigenvalue weighted by Gasteiger charge is 2.36. The van der Waals surface area contributed by atoms with Crippen molar-refractivity contribution in [3.8, 4) is 11.5 Å². The van der Waals surface area contributed by atoms with Gasteiger partial charge in [0.1, 0.15) is 23.1 Å². The molecule has 1 heterocycles. The van der Waals surface area contributed by atoms with E-state index in [4.69, 9.17) is 9.47 Å². The average molecular weight is 418 g/mol. The molecule has 0 saturated carbocycles. The molecule has 3 rings (SSSR count). The van der Waals surface area contributed by atoms with Crippen LogP contribution in [0.25, 0.3) is 0 Å². The molecule has 30 heavy (non-hydrogen) atoms. The second kappa shape index (κ2) is 8.69. The summed E-state index contributed by atoms with van der Waals surface area (Å²) in [6.45, 7) is 3.95. The molecule has 8 heteroatoms. The molecule has 0 bridgehead atoms. The van der Waals surface area contributed by atoms with Crippen molar-refractivity contribution in [2.24, 2.45) is 0 Å². The number of piperazine rings is 1. The van der Waals surface area contributed by atoms with Gasteiger partial charge in [-0.3, -0.25) is 9.59 Å². The van der Waals surface area contributed by atoms with Gasteiger partial charge in [-0.15, -0.1) is 0 Å². The lowest BCUT2D eigenvalue weighted by atomic mass is 10.0. The third-order valence-electron chi connectivity index (χ3n) is 5.25. The summed E-state index contributed by atoms with van der Waals surface area (Å²) in [5, 5.41) is 0. The van der Waals surface area contributed by atoms with Gasteiger partial charge in [-0.25, -0.2) is 8.78 Å². The van der Waals surface area contributed by atoms with Crippen molar-refractivity contribution in [1.29, 1.82) is 0 Å². The van der Waals surface area contributed by atoms with Crippen molar-refractivity contribution in [2.75, 3.05) is 27.3 Å². The zero-order valence-corrected chi connectivity index (χ0v) is 17.3. The number of hydrogen-bond donors (Lipinski definition) is 0. The van der Waals surface area contributed by atoms with Crippen LogP contribution in [0.1, 0.15) is 34.6 Å². The monoisotopic (exact) mass is 418 g/mol. The van der Waals surface area contributed by atoms with Crippen LogP contribution in [0, 0.1) is 11.6 Å². The van der Waals surface area contributed by atoms with Crippen molar-refractivity contribution in [3.05, 3.63) is 59.2 Å². The Morgan fingerprint density at radius 2 is 1.40 bits per heavy atom. The van der Waals surface area contributed by atoms with Crippen molar-refractivity contribution in [3.63, 3.8) is 0 Å². The highest BCUT2D eigenvalue weighted by atomic mass is 19.1. The SMILES string of the molecule is COc1ccc(C(=O)N2[C@@H](C)CN(C(=O)c3cc(OC)ccc3F)C[C@@H]2C)c(F)c1. The van der Waals surface area contributed by atoms with Crippen molar-refractivity contribution in [2.45, 2.75) is 25.9 Å². The molecule has 1 fully saturated rings. The predicted octanol–water partition coefficient (Wildman–Crippen LogP) is 3.36. The lowest BCUT2D eigenvalue weighted by molar-refractivity contribution is 0.0249. The van der Waals surface area contributed by atoms with Crippen LogP contribution in [0.2, 0.25) is 0 Å². The third-order valence-corrected chi connectivity index (χ3v) is 5.25. The van der Waals surface area contributed by atoms with Gasteiger partial charge >= 0.3 is 0 Å². The van der Waals surface area contributed by atoms with Gasteiger partial charge in [-0.05, 0) is 44.2 Å². The first-order valence-electron chi connectivity index (χ1n) is 9.55. The fourth-order valence-electron chi connectivity index (χ4n) is 3.79. The summed E-state index contributed by atoms with van der Waals surface area (Å²) in [6.07, 6.45) is 0. The summed E-state index contributed by atoms with van der Waals surface area (Å²) >= 11 is 0. The van der Waals surface area contributed by atoms with Gasteiger partial charge in [0.25, 0.3) is 11.8 Å². The Labute approximate surface area is 174 Å². The number of ether oxygens (including phenoxy) is 2. The first kappa shape index (κ1) is 21.5. The van der Waals surface area contributed by atoms with Crippen LogP contribution in [0.5, 0.6) is 11.5 Å². The minimum Gasteiger partial charge on any atom is -0.497 e. The summed E-state index contributed by atoms with van der Waals surface area (Å²) in [5.74, 6) is -1.55. The number of hydrogen-bond acceptors (Lipinski definition) is 4. The lowest BCUT2D eigenvalue weighted by Crippen LogP contribution is -2.60. The minimum atomic E-state index is -0.671. The predicted molar refractivity (Wildman–Crippen MR) is 107 cm³/mol. The molecule has 2 amide bonds. The van der Waals surface area contributed by atoms with Crippen molar-refractivity contribution < 1.29 is 27.8 Å². The molecule has 1 aliphatic heterocycles. The number of carbonyl (C=O) groups excluding carboxylic acids is 2. The third kappa shape index (κ3) is 4.08. The summed E-state index contributed by atoms with van der Waals surface area (Å²) in [5.41, 5.74) is -0.150. The molecule has 0 unspecified atom stereocenters. The summed E-state index contributed by atoms with van der Waals surface area (Å²) < 4.78 is 38.7. The van der Waals surface area contributed by atoms with Gasteiger partial charge in [-0.1, -0.05) is 0 Å². The molecule has 2 aromatic rings. The number of rotatable bonds is 4. The van der Waals surface area contributed by atoms with E-state index in [0.717, 1.165) is 6.07 Å². The number of carbonyl (C=O) groups is 2. The molecule has 2 aromatic carbocycles. The van der Waals surface area contributed by atoms with E-state index in [9.17, 15) is 18.4 Å². The van der Waals surface area contributed by atoms with E-state index in [-0.39, 0.29) is 36.3 Å². The molecule has 0 N–H and O–H groups in total. The number of nitrogens with zero attached hydrogens (tertiary/aromatic N) is 2. The zero-order chi connectivity index (χ0) is 22.0. The van der Waals surface area contributed by atoms with Crippen LogP contribution in [0.15, 0.2) is 36.4 Å². The largest absolute Gasteiger partial charge is 0.497 e. The molecule has 1 aliphatic rings. The van der Waals surface area contributed by atoms with E-state index in [1.165, 1.54) is 49.5 Å². The molecule has 160 valence electrons. The van der Waals surface area contributed by atoms with Crippen molar-refractivity contribution in [1.82, 2.24) is 9.80 Å². The minimum absolute atomic E-state index is 0.0619. The van der Waals surface area contributed by atoms with Crippen LogP contribution < -0.4 is 9.47 Å². The van der Waals surface area contributed by atoms with Gasteiger partial charge < -0.3 is 19.3 Å². The first-order chi connectivity index (χ1) is 14.3. The molecule has 0 radical (unpaired) electrons. The summed E-state index contributed by atoms with van der Waals surface area (Å²) in [7, 11) is 2.86. The maximum atomic E-state index is 14.4. The standard InChI is InChI=1S/C22H24F2N2O4/c1-13-11-25(21(27)18-9-15(29-3)6-8-19(18)23)12-14(2)26(13)22(28)17-7-5-16(30-4)10-20(17)24/h5-10,13-14H,11-12H2,1-4H3/t13-,14-/m0/s1. The van der Waals surface area contributed by atoms with Gasteiger partial charge in [0.05, 0.1) is 25.3 Å². The van der Waals surface area contributed by atoms with Crippen LogP contribution in [0.3, 0.4) is 0 Å². The number of methoxy groups -OCH3 is 2. The van der Waals surface area contributed by atoms with E-state index in [1.54, 1.807) is 18.7 Å². The summed E-state index contributed by atoms with van der Waals surface area (Å²) in [6, 6.07) is 7.28. The zero-order valence-electron chi connectivity index (χ0n) is 17.3. The Morgan fingerprint density at radius 3 is 1.97 bits per heavy atom. The molecular weight excluding hydrogens is 394 g/mol. The smallest absolute Gasteiger partial charge is 0.257 e. The Kier molecular flexibility index (Phi) is 6.24. The van der Waals surface area contributed by atoms with E-state index < -0.39 is 23.4 Å². The van der Waals surface area contributed by atoms with E-state index in [2.05, 4.69) is 0 Å². The number of benzene rings is 2. The Morgan fingerprint density at radius 1 is 0.833 bits per heavy atom. The van der Waals surface area contributed by atoms with Gasteiger partial charge in [0.2, 0.25) is 0 Å². The molecule has 0 aromatic heterocycles. The second-order valence-corrected chi connectivity index (χ2v) is 7.31. The Bertz CT molecular complexity index is 954. The van der Waals surface area contributed by atoms with E-state index in [0.29, 0.717) is 11.5 Å². The molecular formula is C22H24F2N2O4. The second-order valence-electron chi connectivity index (χ2n) is 7.31. The maximum absolute atomic E-state index is 14.4. The molecule has 0 aliphatic carbocycles. The quantitative estimate of drug-likeness (QED) is 0.764. The molecule has 1 saturated heterocycles. The Balaban J connectivity index is 1.80. The normalized spacial score (nSPS) is 18.9. The molecule has 2 atom stereocenters. The highest BCUT2D eigenvalue weighted by Crippen LogP contribution is 2.25. The lowest BCUT2D eigenvalue weighted by Gasteiger charge is -2.44. The fourth-order valence-corrected chi connectivity index (χ4v) is 3.79. The van der Waals surface area contributed by atoms with Crippen LogP contribution >= 0.6 is 0 Å². The highest BCUT2D eigenvalue weighted by molar-refractivity contribution is 5.97. The van der Waals surface area contributed by atoms with Crippen molar-refractivity contribution >= 4 is 11.8 Å². The van der Waals surface area contributed by atoms with Gasteiger partial charge in [0, 0.05) is 31.2 Å². The van der Waals surface area contributed by atoms with Crippen LogP contribution in [-0.2, 0) is 0 Å². The molecule has 0 spiro atoms. The number of halogens is 2. The topological polar surface area (TPSA) is 59.1 Å². The summed E-state index contributed by atoms with van der Waals surface area (Å²) in [4.78, 5) is 28.9. The fraction of sp³-hybridized carbons (Fsp3) is 0.364. The maximum Gasteiger partial charge on any atom is 0.257 e. The van der Waals surface area contributed by atoms with E-state index >= 15 is 0 Å². The molecule has 6 nitrogen and oxygen atoms in total. The average Bonchev–Trinajstić information content (AvgIpc) is 2.72. The first-order valence-corrected chi connectivity index (χ1v) is 9.55.